The third-order valence-corrected chi connectivity index (χ3v) is 11.1. The maximum absolute atomic E-state index is 12.4. The molecule has 4 aliphatic carbocycles. The van der Waals surface area contributed by atoms with Gasteiger partial charge < -0.3 is 18.8 Å². The summed E-state index contributed by atoms with van der Waals surface area (Å²) >= 11 is 0. The highest BCUT2D eigenvalue weighted by molar-refractivity contribution is 5.68. The Morgan fingerprint density at radius 1 is 1.07 bits per heavy atom. The molecule has 0 saturated heterocycles. The van der Waals surface area contributed by atoms with Gasteiger partial charge in [-0.25, -0.2) is 4.98 Å². The minimum atomic E-state index is -0.214. The Kier molecular flexibility index (Phi) is 8.27. The Balaban J connectivity index is 1.21. The Morgan fingerprint density at radius 3 is 2.67 bits per heavy atom. The quantitative estimate of drug-likeness (QED) is 0.185. The molecule has 3 saturated carbocycles. The van der Waals surface area contributed by atoms with E-state index >= 15 is 0 Å². The van der Waals surface area contributed by atoms with Crippen LogP contribution in [-0.4, -0.2) is 40.3 Å². The molecule has 1 aromatic carbocycles. The molecule has 2 aromatic rings. The number of esters is 2. The van der Waals surface area contributed by atoms with Crippen molar-refractivity contribution in [3.63, 3.8) is 0 Å². The Labute approximate surface area is 255 Å². The van der Waals surface area contributed by atoms with Crippen molar-refractivity contribution in [2.45, 2.75) is 97.8 Å². The van der Waals surface area contributed by atoms with E-state index < -0.39 is 0 Å². The summed E-state index contributed by atoms with van der Waals surface area (Å²) < 4.78 is 19.9. The lowest BCUT2D eigenvalue weighted by Crippen LogP contribution is -2.51. The number of hydrogen-bond acceptors (Lipinski definition) is 6. The number of hydrogen-bond donors (Lipinski definition) is 0. The summed E-state index contributed by atoms with van der Waals surface area (Å²) in [4.78, 5) is 28.1. The second-order valence-electron chi connectivity index (χ2n) is 13.8. The van der Waals surface area contributed by atoms with Crippen LogP contribution in [0.1, 0.15) is 84.6 Å². The third-order valence-electron chi connectivity index (χ3n) is 11.1. The standard InChI is InChI=1S/C36H46N2O5/c1-24(39)42-30-11-13-35(3)28(22-30)9-10-31-32(35)12-14-36(4)33(31)21-27(34(36)43-25(2)40)19-26-7-5-8-29(20-26)41-18-6-16-38-17-15-37-23-38/h5,7-9,15,17,19-20,23,30-34H,6,10-14,16,18,21-22H2,1-4H3/b27-19+/t30-,31+,32-,33-,34-,35-,36-/m0/s1. The van der Waals surface area contributed by atoms with Crippen molar-refractivity contribution in [3.8, 4) is 5.75 Å². The zero-order chi connectivity index (χ0) is 30.2. The van der Waals surface area contributed by atoms with Crippen molar-refractivity contribution in [2.75, 3.05) is 6.61 Å². The van der Waals surface area contributed by atoms with Crippen molar-refractivity contribution in [3.05, 3.63) is 65.8 Å². The number of benzene rings is 1. The SMILES string of the molecule is CC(=O)O[C@H]1CC[C@@]2(C)C(=CC[C@H]3[C@@H]4C/C(=C\c5cccc(OCCCn6ccnc6)c5)[C@H](OC(C)=O)[C@@]4(C)CC[C@@H]32)C1. The molecule has 3 fully saturated rings. The van der Waals surface area contributed by atoms with Gasteiger partial charge in [-0.3, -0.25) is 9.59 Å². The Hall–Kier alpha value is -3.35. The summed E-state index contributed by atoms with van der Waals surface area (Å²) in [5.74, 6) is 2.06. The molecule has 0 radical (unpaired) electrons. The topological polar surface area (TPSA) is 79.7 Å². The molecule has 1 aromatic heterocycles. The van der Waals surface area contributed by atoms with E-state index in [4.69, 9.17) is 14.2 Å². The van der Waals surface area contributed by atoms with Crippen LogP contribution >= 0.6 is 0 Å². The van der Waals surface area contributed by atoms with Crippen LogP contribution in [0.15, 0.2) is 60.2 Å². The van der Waals surface area contributed by atoms with E-state index in [1.54, 1.807) is 6.20 Å². The van der Waals surface area contributed by atoms with Gasteiger partial charge in [0.05, 0.1) is 12.9 Å². The highest BCUT2D eigenvalue weighted by atomic mass is 16.5. The number of rotatable bonds is 8. The van der Waals surface area contributed by atoms with E-state index in [1.807, 2.05) is 24.7 Å². The molecule has 0 spiro atoms. The largest absolute Gasteiger partial charge is 0.494 e. The highest BCUT2D eigenvalue weighted by Crippen LogP contribution is 2.66. The van der Waals surface area contributed by atoms with Crippen molar-refractivity contribution in [1.29, 1.82) is 0 Å². The lowest BCUT2D eigenvalue weighted by Gasteiger charge is -2.57. The van der Waals surface area contributed by atoms with E-state index in [9.17, 15) is 9.59 Å². The number of carbonyl (C=O) groups excluding carboxylic acids is 2. The number of ether oxygens (including phenoxy) is 3. The van der Waals surface area contributed by atoms with E-state index in [-0.39, 0.29) is 35.0 Å². The molecule has 6 rings (SSSR count). The predicted octanol–water partition coefficient (Wildman–Crippen LogP) is 7.17. The van der Waals surface area contributed by atoms with Crippen molar-refractivity contribution in [1.82, 2.24) is 9.55 Å². The van der Waals surface area contributed by atoms with E-state index in [0.29, 0.717) is 24.4 Å². The zero-order valence-electron chi connectivity index (χ0n) is 26.1. The number of fused-ring (bicyclic) bond motifs is 5. The third kappa shape index (κ3) is 5.92. The van der Waals surface area contributed by atoms with Gasteiger partial charge in [-0.15, -0.1) is 0 Å². The highest BCUT2D eigenvalue weighted by Gasteiger charge is 2.61. The van der Waals surface area contributed by atoms with Gasteiger partial charge >= 0.3 is 11.9 Å². The van der Waals surface area contributed by atoms with Gasteiger partial charge in [0.25, 0.3) is 0 Å². The smallest absolute Gasteiger partial charge is 0.303 e. The van der Waals surface area contributed by atoms with Gasteiger partial charge in [0.15, 0.2) is 0 Å². The van der Waals surface area contributed by atoms with E-state index in [2.05, 4.69) is 47.7 Å². The maximum Gasteiger partial charge on any atom is 0.303 e. The molecule has 1 heterocycles. The average Bonchev–Trinajstić information content (AvgIpc) is 3.57. The fraction of sp³-hybridized carbons (Fsp3) is 0.583. The lowest BCUT2D eigenvalue weighted by atomic mass is 9.48. The molecule has 0 bridgehead atoms. The van der Waals surface area contributed by atoms with Crippen molar-refractivity contribution in [2.24, 2.45) is 28.6 Å². The second-order valence-corrected chi connectivity index (χ2v) is 13.8. The van der Waals surface area contributed by atoms with Gasteiger partial charge in [-0.2, -0.15) is 0 Å². The summed E-state index contributed by atoms with van der Waals surface area (Å²) in [6, 6.07) is 8.26. The second kappa shape index (κ2) is 12.0. The van der Waals surface area contributed by atoms with E-state index in [0.717, 1.165) is 69.2 Å². The number of allylic oxidation sites excluding steroid dienone is 1. The normalized spacial score (nSPS) is 34.0. The van der Waals surface area contributed by atoms with Gasteiger partial charge in [0.2, 0.25) is 0 Å². The number of imidazole rings is 1. The lowest BCUT2D eigenvalue weighted by molar-refractivity contribution is -0.154. The summed E-state index contributed by atoms with van der Waals surface area (Å²) in [5.41, 5.74) is 3.85. The van der Waals surface area contributed by atoms with E-state index in [1.165, 1.54) is 25.0 Å². The Morgan fingerprint density at radius 2 is 1.91 bits per heavy atom. The maximum atomic E-state index is 12.4. The van der Waals surface area contributed by atoms with Gasteiger partial charge in [-0.1, -0.05) is 43.7 Å². The predicted molar refractivity (Wildman–Crippen MR) is 165 cm³/mol. The van der Waals surface area contributed by atoms with Crippen LogP contribution in [0.5, 0.6) is 5.75 Å². The molecule has 230 valence electrons. The van der Waals surface area contributed by atoms with Crippen LogP contribution in [-0.2, 0) is 25.6 Å². The van der Waals surface area contributed by atoms with Crippen LogP contribution < -0.4 is 4.74 Å². The van der Waals surface area contributed by atoms with Crippen molar-refractivity contribution >= 4 is 18.0 Å². The van der Waals surface area contributed by atoms with Crippen LogP contribution in [0, 0.1) is 28.6 Å². The molecule has 0 aliphatic heterocycles. The van der Waals surface area contributed by atoms with Crippen LogP contribution in [0.25, 0.3) is 6.08 Å². The van der Waals surface area contributed by atoms with Gasteiger partial charge in [0, 0.05) is 44.6 Å². The molecule has 0 N–H and O–H groups in total. The monoisotopic (exact) mass is 586 g/mol. The molecule has 7 atom stereocenters. The fourth-order valence-corrected chi connectivity index (χ4v) is 9.08. The first kappa shape index (κ1) is 29.7. The zero-order valence-corrected chi connectivity index (χ0v) is 26.1. The minimum absolute atomic E-state index is 0.00743. The van der Waals surface area contributed by atoms with Crippen LogP contribution in [0.3, 0.4) is 0 Å². The summed E-state index contributed by atoms with van der Waals surface area (Å²) in [6.45, 7) is 9.38. The number of nitrogens with zero attached hydrogens (tertiary/aromatic N) is 2. The molecule has 43 heavy (non-hydrogen) atoms. The molecule has 0 unspecified atom stereocenters. The summed E-state index contributed by atoms with van der Waals surface area (Å²) in [5, 5.41) is 0. The van der Waals surface area contributed by atoms with Crippen molar-refractivity contribution < 1.29 is 23.8 Å². The molecular formula is C36H46N2O5. The number of aryl methyl sites for hydroxylation is 1. The number of aromatic nitrogens is 2. The average molecular weight is 587 g/mol. The first-order valence-electron chi connectivity index (χ1n) is 16.1. The Bertz CT molecular complexity index is 1400. The summed E-state index contributed by atoms with van der Waals surface area (Å²) in [6.07, 6.45) is 18.0. The number of carbonyl (C=O) groups is 2. The first-order chi connectivity index (χ1) is 20.7. The molecule has 7 heteroatoms. The van der Waals surface area contributed by atoms with Crippen LogP contribution in [0.2, 0.25) is 0 Å². The molecule has 0 amide bonds. The van der Waals surface area contributed by atoms with Crippen LogP contribution in [0.4, 0.5) is 0 Å². The minimum Gasteiger partial charge on any atom is -0.494 e. The molecule has 7 nitrogen and oxygen atoms in total. The fourth-order valence-electron chi connectivity index (χ4n) is 9.08. The summed E-state index contributed by atoms with van der Waals surface area (Å²) in [7, 11) is 0. The van der Waals surface area contributed by atoms with Gasteiger partial charge in [-0.05, 0) is 91.4 Å². The molecule has 4 aliphatic rings. The van der Waals surface area contributed by atoms with Gasteiger partial charge in [0.1, 0.15) is 18.0 Å². The first-order valence-corrected chi connectivity index (χ1v) is 16.1. The molecular weight excluding hydrogens is 540 g/mol.